The van der Waals surface area contributed by atoms with Gasteiger partial charge in [0.15, 0.2) is 13.6 Å². The van der Waals surface area contributed by atoms with Crippen LogP contribution in [0.4, 0.5) is 0 Å². The average Bonchev–Trinajstić information content (AvgIpc) is 3.37. The fourth-order valence-electron chi connectivity index (χ4n) is 8.82. The molecule has 0 radical (unpaired) electrons. The van der Waals surface area contributed by atoms with Gasteiger partial charge in [-0.1, -0.05) is 153 Å². The van der Waals surface area contributed by atoms with Crippen LogP contribution in [0, 0.1) is 0 Å². The zero-order valence-electron chi connectivity index (χ0n) is 42.1. The van der Waals surface area contributed by atoms with E-state index < -0.39 is 0 Å². The SMILES string of the molecule is CCCCCCOc1ccc(OCCCCCC)c(-c2cc3ccccc3c(-c3c(OCOC)c(-c4cc(OCCCCCC)ccc4OCCCCCC)cc4ccccc34)c2OCOC)c1. The molecule has 68 heavy (non-hydrogen) atoms. The molecule has 0 aromatic heterocycles. The van der Waals surface area contributed by atoms with Crippen LogP contribution in [-0.2, 0) is 9.47 Å². The third kappa shape index (κ3) is 14.3. The van der Waals surface area contributed by atoms with Crippen molar-refractivity contribution in [3.8, 4) is 67.9 Å². The molecule has 0 unspecified atom stereocenters. The van der Waals surface area contributed by atoms with Crippen LogP contribution < -0.4 is 28.4 Å². The normalized spacial score (nSPS) is 11.3. The van der Waals surface area contributed by atoms with Crippen molar-refractivity contribution < 1.29 is 37.9 Å². The van der Waals surface area contributed by atoms with Gasteiger partial charge in [-0.05, 0) is 95.8 Å². The Balaban J connectivity index is 1.64. The Bertz CT molecular complexity index is 2260. The first-order chi connectivity index (χ1) is 33.6. The number of hydrogen-bond donors (Lipinski definition) is 0. The standard InChI is InChI=1S/C60H78O8/c1-7-11-15-23-35-63-47-31-33-55(65-37-25-17-13-9-3)51(41-47)53-39-45-27-19-21-29-49(45)57(59(53)67-43-61-5)58-50-30-22-20-28-46(50)40-54(60(58)68-44-62-6)52-42-48(64-36-24-16-12-8-2)32-34-56(52)66-38-26-18-14-10-4/h19-22,27-34,39-42H,7-18,23-26,35-38,43-44H2,1-6H3. The predicted octanol–water partition coefficient (Wildman–Crippen LogP) is 16.8. The monoisotopic (exact) mass is 927 g/mol. The highest BCUT2D eigenvalue weighted by molar-refractivity contribution is 6.14. The largest absolute Gasteiger partial charge is 0.494 e. The summed E-state index contributed by atoms with van der Waals surface area (Å²) in [6.45, 7) is 11.4. The van der Waals surface area contributed by atoms with Crippen molar-refractivity contribution in [3.05, 3.63) is 97.1 Å². The first kappa shape index (κ1) is 51.9. The summed E-state index contributed by atoms with van der Waals surface area (Å²) >= 11 is 0. The third-order valence-corrected chi connectivity index (χ3v) is 12.4. The molecule has 8 nitrogen and oxygen atoms in total. The first-order valence-corrected chi connectivity index (χ1v) is 25.7. The number of benzene rings is 6. The van der Waals surface area contributed by atoms with Crippen molar-refractivity contribution in [1.29, 1.82) is 0 Å². The van der Waals surface area contributed by atoms with Crippen molar-refractivity contribution in [1.82, 2.24) is 0 Å². The fourth-order valence-corrected chi connectivity index (χ4v) is 8.82. The Morgan fingerprint density at radius 1 is 0.338 bits per heavy atom. The number of hydrogen-bond acceptors (Lipinski definition) is 8. The highest BCUT2D eigenvalue weighted by Crippen LogP contribution is 2.54. The number of fused-ring (bicyclic) bond motifs is 2. The van der Waals surface area contributed by atoms with Gasteiger partial charge in [-0.15, -0.1) is 0 Å². The molecular weight excluding hydrogens is 849 g/mol. The Hall–Kier alpha value is -5.44. The lowest BCUT2D eigenvalue weighted by Gasteiger charge is -2.25. The lowest BCUT2D eigenvalue weighted by atomic mass is 9.86. The molecule has 0 saturated carbocycles. The second-order valence-electron chi connectivity index (χ2n) is 17.8. The molecular formula is C60H78O8. The molecule has 0 aliphatic rings. The summed E-state index contributed by atoms with van der Waals surface area (Å²) < 4.78 is 51.7. The van der Waals surface area contributed by atoms with Crippen molar-refractivity contribution in [2.24, 2.45) is 0 Å². The molecule has 0 amide bonds. The van der Waals surface area contributed by atoms with E-state index in [4.69, 9.17) is 37.9 Å². The third-order valence-electron chi connectivity index (χ3n) is 12.4. The highest BCUT2D eigenvalue weighted by atomic mass is 16.7. The van der Waals surface area contributed by atoms with Crippen molar-refractivity contribution in [3.63, 3.8) is 0 Å². The van der Waals surface area contributed by atoms with E-state index >= 15 is 0 Å². The molecule has 8 heteroatoms. The molecule has 0 heterocycles. The summed E-state index contributed by atoms with van der Waals surface area (Å²) in [7, 11) is 3.31. The summed E-state index contributed by atoms with van der Waals surface area (Å²) in [6.07, 6.45) is 17.8. The van der Waals surface area contributed by atoms with Gasteiger partial charge >= 0.3 is 0 Å². The van der Waals surface area contributed by atoms with Gasteiger partial charge in [0.25, 0.3) is 0 Å². The maximum Gasteiger partial charge on any atom is 0.188 e. The van der Waals surface area contributed by atoms with Crippen LogP contribution in [-0.4, -0.2) is 54.2 Å². The zero-order valence-corrected chi connectivity index (χ0v) is 42.1. The molecule has 0 fully saturated rings. The number of unbranched alkanes of at least 4 members (excludes halogenated alkanes) is 12. The highest BCUT2D eigenvalue weighted by Gasteiger charge is 2.28. The maximum atomic E-state index is 6.92. The Morgan fingerprint density at radius 3 is 1.07 bits per heavy atom. The van der Waals surface area contributed by atoms with Gasteiger partial charge in [0, 0.05) is 47.6 Å². The van der Waals surface area contributed by atoms with E-state index in [0.29, 0.717) is 37.9 Å². The summed E-state index contributed by atoms with van der Waals surface area (Å²) in [4.78, 5) is 0. The van der Waals surface area contributed by atoms with E-state index in [1.54, 1.807) is 14.2 Å². The minimum absolute atomic E-state index is 0.0126. The van der Waals surface area contributed by atoms with Crippen molar-refractivity contribution in [2.75, 3.05) is 54.2 Å². The van der Waals surface area contributed by atoms with E-state index in [0.717, 1.165) is 142 Å². The van der Waals surface area contributed by atoms with Gasteiger partial charge in [-0.3, -0.25) is 0 Å². The summed E-state index contributed by atoms with van der Waals surface area (Å²) in [5.41, 5.74) is 5.21. The van der Waals surface area contributed by atoms with Crippen LogP contribution in [0.1, 0.15) is 130 Å². The second-order valence-corrected chi connectivity index (χ2v) is 17.8. The van der Waals surface area contributed by atoms with Gasteiger partial charge < -0.3 is 37.9 Å². The Morgan fingerprint density at radius 2 is 0.706 bits per heavy atom. The molecule has 6 aromatic carbocycles. The van der Waals surface area contributed by atoms with Gasteiger partial charge in [0.2, 0.25) is 0 Å². The van der Waals surface area contributed by atoms with E-state index in [-0.39, 0.29) is 13.6 Å². The van der Waals surface area contributed by atoms with E-state index in [1.165, 1.54) is 38.5 Å². The molecule has 0 bridgehead atoms. The molecule has 6 rings (SSSR count). The van der Waals surface area contributed by atoms with Crippen LogP contribution >= 0.6 is 0 Å². The summed E-state index contributed by atoms with van der Waals surface area (Å²) in [5.74, 6) is 4.39. The number of ether oxygens (including phenoxy) is 8. The minimum Gasteiger partial charge on any atom is -0.494 e. The molecule has 366 valence electrons. The van der Waals surface area contributed by atoms with Gasteiger partial charge in [-0.2, -0.15) is 0 Å². The van der Waals surface area contributed by atoms with Crippen LogP contribution in [0.2, 0.25) is 0 Å². The van der Waals surface area contributed by atoms with Gasteiger partial charge in [0.05, 0.1) is 26.4 Å². The smallest absolute Gasteiger partial charge is 0.188 e. The van der Waals surface area contributed by atoms with Crippen molar-refractivity contribution in [2.45, 2.75) is 130 Å². The summed E-state index contributed by atoms with van der Waals surface area (Å²) in [5, 5.41) is 4.05. The summed E-state index contributed by atoms with van der Waals surface area (Å²) in [6, 6.07) is 33.8. The minimum atomic E-state index is 0.0126. The molecule has 0 saturated heterocycles. The average molecular weight is 927 g/mol. The molecule has 0 N–H and O–H groups in total. The topological polar surface area (TPSA) is 73.8 Å². The maximum absolute atomic E-state index is 6.92. The number of methoxy groups -OCH3 is 2. The molecule has 6 aromatic rings. The van der Waals surface area contributed by atoms with Gasteiger partial charge in [0.1, 0.15) is 34.5 Å². The van der Waals surface area contributed by atoms with E-state index in [1.807, 2.05) is 12.1 Å². The fraction of sp³-hybridized carbons (Fsp3) is 0.467. The molecule has 0 spiro atoms. The zero-order chi connectivity index (χ0) is 47.8. The second kappa shape index (κ2) is 28.8. The van der Waals surface area contributed by atoms with Crippen LogP contribution in [0.5, 0.6) is 34.5 Å². The first-order valence-electron chi connectivity index (χ1n) is 25.7. The lowest BCUT2D eigenvalue weighted by Crippen LogP contribution is -2.07. The molecule has 0 atom stereocenters. The van der Waals surface area contributed by atoms with Crippen LogP contribution in [0.15, 0.2) is 97.1 Å². The molecule has 0 aliphatic heterocycles. The molecule has 0 aliphatic carbocycles. The van der Waals surface area contributed by atoms with Gasteiger partial charge in [-0.25, -0.2) is 0 Å². The Kier molecular flexibility index (Phi) is 22.0. The Labute approximate surface area is 407 Å². The van der Waals surface area contributed by atoms with Crippen molar-refractivity contribution >= 4 is 21.5 Å². The van der Waals surface area contributed by atoms with Crippen LogP contribution in [0.25, 0.3) is 54.9 Å². The predicted molar refractivity (Wildman–Crippen MR) is 281 cm³/mol. The number of rotatable bonds is 33. The van der Waals surface area contributed by atoms with Crippen LogP contribution in [0.3, 0.4) is 0 Å². The quantitative estimate of drug-likeness (QED) is 0.0298. The van der Waals surface area contributed by atoms with E-state index in [2.05, 4.69) is 113 Å². The lowest BCUT2D eigenvalue weighted by molar-refractivity contribution is 0.0506. The van der Waals surface area contributed by atoms with E-state index in [9.17, 15) is 0 Å².